The molecule has 2 heterocycles. The molecular formula is C15H16N4. The van der Waals surface area contributed by atoms with E-state index in [9.17, 15) is 0 Å². The van der Waals surface area contributed by atoms with Crippen LogP contribution >= 0.6 is 0 Å². The summed E-state index contributed by atoms with van der Waals surface area (Å²) in [6, 6.07) is 8.17. The van der Waals surface area contributed by atoms with Crippen LogP contribution in [0.15, 0.2) is 49.1 Å². The van der Waals surface area contributed by atoms with Crippen molar-refractivity contribution in [1.82, 2.24) is 14.5 Å². The van der Waals surface area contributed by atoms with E-state index in [4.69, 9.17) is 0 Å². The standard InChI is InChI=1S/C15H16N4/c1-2-9-19-10-8-17-15(19)18-14-5-3-4-12-11-16-7-6-13(12)14/h3-8,10-11H,2,9H2,1H3,(H,17,18). The van der Waals surface area contributed by atoms with Crippen LogP contribution in [-0.4, -0.2) is 14.5 Å². The van der Waals surface area contributed by atoms with Gasteiger partial charge < -0.3 is 9.88 Å². The summed E-state index contributed by atoms with van der Waals surface area (Å²) in [6.45, 7) is 3.13. The van der Waals surface area contributed by atoms with Crippen LogP contribution in [0.25, 0.3) is 10.8 Å². The van der Waals surface area contributed by atoms with Gasteiger partial charge in [0.25, 0.3) is 0 Å². The maximum Gasteiger partial charge on any atom is 0.207 e. The lowest BCUT2D eigenvalue weighted by Crippen LogP contribution is -2.03. The Morgan fingerprint density at radius 3 is 3.05 bits per heavy atom. The van der Waals surface area contributed by atoms with Gasteiger partial charge in [0.1, 0.15) is 0 Å². The number of fused-ring (bicyclic) bond motifs is 1. The minimum absolute atomic E-state index is 0.881. The van der Waals surface area contributed by atoms with E-state index < -0.39 is 0 Å². The maximum absolute atomic E-state index is 4.37. The molecule has 0 aliphatic heterocycles. The predicted octanol–water partition coefficient (Wildman–Crippen LogP) is 3.58. The summed E-state index contributed by atoms with van der Waals surface area (Å²) >= 11 is 0. The topological polar surface area (TPSA) is 42.7 Å². The number of aryl methyl sites for hydroxylation is 1. The van der Waals surface area contributed by atoms with Crippen molar-refractivity contribution in [2.45, 2.75) is 19.9 Å². The van der Waals surface area contributed by atoms with Crippen molar-refractivity contribution in [3.05, 3.63) is 49.1 Å². The molecular weight excluding hydrogens is 236 g/mol. The number of nitrogens with zero attached hydrogens (tertiary/aromatic N) is 3. The molecule has 1 aromatic carbocycles. The van der Waals surface area contributed by atoms with Crippen molar-refractivity contribution in [1.29, 1.82) is 0 Å². The molecule has 0 spiro atoms. The highest BCUT2D eigenvalue weighted by Gasteiger charge is 2.05. The predicted molar refractivity (Wildman–Crippen MR) is 77.5 cm³/mol. The number of hydrogen-bond acceptors (Lipinski definition) is 3. The van der Waals surface area contributed by atoms with Gasteiger partial charge in [0, 0.05) is 47.8 Å². The summed E-state index contributed by atoms with van der Waals surface area (Å²) in [5.41, 5.74) is 1.06. The van der Waals surface area contributed by atoms with Gasteiger partial charge in [-0.1, -0.05) is 19.1 Å². The molecule has 2 aromatic heterocycles. The van der Waals surface area contributed by atoms with E-state index in [1.54, 1.807) is 0 Å². The third-order valence-electron chi connectivity index (χ3n) is 3.11. The molecule has 1 N–H and O–H groups in total. The Hall–Kier alpha value is -2.36. The van der Waals surface area contributed by atoms with E-state index in [-0.39, 0.29) is 0 Å². The minimum Gasteiger partial charge on any atom is -0.325 e. The molecule has 0 unspecified atom stereocenters. The third kappa shape index (κ3) is 2.29. The zero-order valence-corrected chi connectivity index (χ0v) is 10.9. The van der Waals surface area contributed by atoms with Gasteiger partial charge in [0.2, 0.25) is 5.95 Å². The first-order valence-electron chi connectivity index (χ1n) is 6.49. The van der Waals surface area contributed by atoms with Gasteiger partial charge in [-0.3, -0.25) is 4.98 Å². The second kappa shape index (κ2) is 5.10. The lowest BCUT2D eigenvalue weighted by atomic mass is 10.1. The average Bonchev–Trinajstić information content (AvgIpc) is 2.87. The number of imidazole rings is 1. The van der Waals surface area contributed by atoms with Crippen LogP contribution in [0.3, 0.4) is 0 Å². The molecule has 0 radical (unpaired) electrons. The van der Waals surface area contributed by atoms with Gasteiger partial charge in [-0.25, -0.2) is 4.98 Å². The van der Waals surface area contributed by atoms with Gasteiger partial charge in [-0.15, -0.1) is 0 Å². The first-order valence-corrected chi connectivity index (χ1v) is 6.49. The van der Waals surface area contributed by atoms with Crippen molar-refractivity contribution in [3.63, 3.8) is 0 Å². The highest BCUT2D eigenvalue weighted by Crippen LogP contribution is 2.25. The third-order valence-corrected chi connectivity index (χ3v) is 3.11. The Morgan fingerprint density at radius 1 is 1.21 bits per heavy atom. The SMILES string of the molecule is CCCn1ccnc1Nc1cccc2cnccc12. The average molecular weight is 252 g/mol. The first-order chi connectivity index (χ1) is 9.38. The molecule has 0 saturated carbocycles. The van der Waals surface area contributed by atoms with Crippen molar-refractivity contribution in [2.24, 2.45) is 0 Å². The molecule has 0 aliphatic carbocycles. The van der Waals surface area contributed by atoms with Crippen LogP contribution < -0.4 is 5.32 Å². The first kappa shape index (κ1) is 11.7. The zero-order chi connectivity index (χ0) is 13.1. The van der Waals surface area contributed by atoms with E-state index in [0.29, 0.717) is 0 Å². The highest BCUT2D eigenvalue weighted by molar-refractivity contribution is 5.94. The smallest absolute Gasteiger partial charge is 0.207 e. The zero-order valence-electron chi connectivity index (χ0n) is 10.9. The molecule has 0 saturated heterocycles. The number of rotatable bonds is 4. The fourth-order valence-corrected chi connectivity index (χ4v) is 2.21. The molecule has 4 heteroatoms. The molecule has 3 rings (SSSR count). The largest absolute Gasteiger partial charge is 0.325 e. The molecule has 0 fully saturated rings. The van der Waals surface area contributed by atoms with Crippen LogP contribution in [-0.2, 0) is 6.54 Å². The summed E-state index contributed by atoms with van der Waals surface area (Å²) in [4.78, 5) is 8.52. The lowest BCUT2D eigenvalue weighted by molar-refractivity contribution is 0.686. The molecule has 0 atom stereocenters. The normalized spacial score (nSPS) is 10.8. The Kier molecular flexibility index (Phi) is 3.14. The van der Waals surface area contributed by atoms with Crippen LogP contribution in [0.1, 0.15) is 13.3 Å². The van der Waals surface area contributed by atoms with Crippen LogP contribution in [0, 0.1) is 0 Å². The van der Waals surface area contributed by atoms with Gasteiger partial charge in [-0.05, 0) is 18.6 Å². The van der Waals surface area contributed by atoms with Crippen LogP contribution in [0.2, 0.25) is 0 Å². The number of pyridine rings is 1. The Bertz CT molecular complexity index is 682. The molecule has 3 aromatic rings. The number of benzene rings is 1. The molecule has 0 aliphatic rings. The van der Waals surface area contributed by atoms with E-state index in [1.807, 2.05) is 36.9 Å². The second-order valence-corrected chi connectivity index (χ2v) is 4.47. The summed E-state index contributed by atoms with van der Waals surface area (Å²) in [5.74, 6) is 0.881. The Labute approximate surface area is 112 Å². The summed E-state index contributed by atoms with van der Waals surface area (Å²) in [7, 11) is 0. The summed E-state index contributed by atoms with van der Waals surface area (Å²) in [5, 5.41) is 5.69. The van der Waals surface area contributed by atoms with Crippen molar-refractivity contribution < 1.29 is 0 Å². The van der Waals surface area contributed by atoms with E-state index >= 15 is 0 Å². The Morgan fingerprint density at radius 2 is 2.16 bits per heavy atom. The van der Waals surface area contributed by atoms with Gasteiger partial charge in [0.15, 0.2) is 0 Å². The summed E-state index contributed by atoms with van der Waals surface area (Å²) in [6.07, 6.45) is 8.60. The summed E-state index contributed by atoms with van der Waals surface area (Å²) < 4.78 is 2.13. The quantitative estimate of drug-likeness (QED) is 0.771. The lowest BCUT2D eigenvalue weighted by Gasteiger charge is -2.11. The van der Waals surface area contributed by atoms with Crippen LogP contribution in [0.5, 0.6) is 0 Å². The number of hydrogen-bond donors (Lipinski definition) is 1. The van der Waals surface area contributed by atoms with E-state index in [1.165, 1.54) is 0 Å². The van der Waals surface area contributed by atoms with Gasteiger partial charge in [0.05, 0.1) is 0 Å². The van der Waals surface area contributed by atoms with Crippen LogP contribution in [0.4, 0.5) is 11.6 Å². The fourth-order valence-electron chi connectivity index (χ4n) is 2.21. The molecule has 4 nitrogen and oxygen atoms in total. The molecule has 19 heavy (non-hydrogen) atoms. The highest BCUT2D eigenvalue weighted by atomic mass is 15.2. The van der Waals surface area contributed by atoms with Gasteiger partial charge in [-0.2, -0.15) is 0 Å². The van der Waals surface area contributed by atoms with Crippen molar-refractivity contribution in [2.75, 3.05) is 5.32 Å². The fraction of sp³-hybridized carbons (Fsp3) is 0.200. The number of aromatic nitrogens is 3. The molecule has 0 bridgehead atoms. The monoisotopic (exact) mass is 252 g/mol. The molecule has 0 amide bonds. The Balaban J connectivity index is 1.99. The van der Waals surface area contributed by atoms with E-state index in [2.05, 4.69) is 38.9 Å². The van der Waals surface area contributed by atoms with E-state index in [0.717, 1.165) is 35.4 Å². The van der Waals surface area contributed by atoms with Gasteiger partial charge >= 0.3 is 0 Å². The maximum atomic E-state index is 4.37. The minimum atomic E-state index is 0.881. The number of nitrogens with one attached hydrogen (secondary N) is 1. The number of anilines is 2. The second-order valence-electron chi connectivity index (χ2n) is 4.47. The molecule has 96 valence electrons. The van der Waals surface area contributed by atoms with Crippen molar-refractivity contribution in [3.8, 4) is 0 Å². The van der Waals surface area contributed by atoms with Crippen molar-refractivity contribution >= 4 is 22.4 Å².